The van der Waals surface area contributed by atoms with Gasteiger partial charge in [0.2, 0.25) is 0 Å². The van der Waals surface area contributed by atoms with E-state index in [0.717, 1.165) is 6.07 Å². The van der Waals surface area contributed by atoms with Crippen LogP contribution in [-0.2, 0) is 6.18 Å². The van der Waals surface area contributed by atoms with Crippen molar-refractivity contribution in [2.45, 2.75) is 6.18 Å². The van der Waals surface area contributed by atoms with E-state index < -0.39 is 18.9 Å². The molecule has 0 saturated carbocycles. The van der Waals surface area contributed by atoms with Crippen LogP contribution in [-0.4, -0.2) is 22.2 Å². The fourth-order valence-electron chi connectivity index (χ4n) is 0.795. The molecule has 0 aromatic carbocycles. The van der Waals surface area contributed by atoms with Crippen LogP contribution in [0.25, 0.3) is 0 Å². The smallest absolute Gasteiger partial charge is 0.422 e. The monoisotopic (exact) mass is 317 g/mol. The number of aromatic nitrogens is 1. The lowest BCUT2D eigenvalue weighted by Crippen LogP contribution is -2.33. The van der Waals surface area contributed by atoms with Crippen LogP contribution in [0.4, 0.5) is 13.2 Å². The molecular weight excluding hydrogens is 313 g/mol. The van der Waals surface area contributed by atoms with Gasteiger partial charge in [-0.1, -0.05) is 0 Å². The maximum absolute atomic E-state index is 12.2. The third-order valence-corrected chi connectivity index (χ3v) is 2.34. The molecule has 2 N–H and O–H groups in total. The molecule has 0 aliphatic rings. The molecule has 1 heterocycles. The van der Waals surface area contributed by atoms with Crippen LogP contribution in [0.5, 0.6) is 0 Å². The van der Waals surface area contributed by atoms with Crippen molar-refractivity contribution in [2.75, 3.05) is 0 Å². The number of hydrogen-bond acceptors (Lipinski definition) is 3. The van der Waals surface area contributed by atoms with Gasteiger partial charge in [-0.25, -0.2) is 0 Å². The highest BCUT2D eigenvalue weighted by atomic mass is 127. The van der Waals surface area contributed by atoms with Gasteiger partial charge in [-0.05, 0) is 28.7 Å². The Morgan fingerprint density at radius 2 is 1.93 bits per heavy atom. The van der Waals surface area contributed by atoms with E-state index in [2.05, 4.69) is 4.98 Å². The summed E-state index contributed by atoms with van der Waals surface area (Å²) in [4.78, 5) is 3.28. The molecule has 76 valence electrons. The van der Waals surface area contributed by atoms with E-state index in [0.29, 0.717) is 6.20 Å². The minimum atomic E-state index is -4.47. The summed E-state index contributed by atoms with van der Waals surface area (Å²) in [5, 5.41) is 17.3. The van der Waals surface area contributed by atoms with Crippen LogP contribution < -0.4 is 5.59 Å². The van der Waals surface area contributed by atoms with Crippen molar-refractivity contribution in [2.24, 2.45) is 0 Å². The van der Waals surface area contributed by atoms with E-state index in [1.165, 1.54) is 22.6 Å². The number of hydrogen-bond donors (Lipinski definition) is 2. The molecule has 3 nitrogen and oxygen atoms in total. The van der Waals surface area contributed by atoms with E-state index in [1.807, 2.05) is 0 Å². The fourth-order valence-corrected chi connectivity index (χ4v) is 1.56. The molecule has 0 spiro atoms. The van der Waals surface area contributed by atoms with Crippen molar-refractivity contribution in [1.82, 2.24) is 4.98 Å². The Bertz CT molecular complexity index is 344. The number of nitrogens with zero attached hydrogens (tertiary/aromatic N) is 1. The number of alkyl halides is 3. The molecule has 1 aromatic rings. The van der Waals surface area contributed by atoms with Gasteiger partial charge < -0.3 is 10.0 Å². The first kappa shape index (κ1) is 11.7. The second-order valence-corrected chi connectivity index (χ2v) is 3.62. The summed E-state index contributed by atoms with van der Waals surface area (Å²) in [7, 11) is -1.86. The van der Waals surface area contributed by atoms with Crippen molar-refractivity contribution in [3.63, 3.8) is 0 Å². The lowest BCUT2D eigenvalue weighted by molar-refractivity contribution is -0.138. The molecule has 1 rings (SSSR count). The van der Waals surface area contributed by atoms with Crippen molar-refractivity contribution >= 4 is 35.3 Å². The molecule has 8 heteroatoms. The van der Waals surface area contributed by atoms with Gasteiger partial charge in [-0.2, -0.15) is 13.2 Å². The zero-order valence-electron chi connectivity index (χ0n) is 6.59. The maximum atomic E-state index is 12.2. The first-order valence-corrected chi connectivity index (χ1v) is 4.49. The average Bonchev–Trinajstić information content (AvgIpc) is 2.01. The Morgan fingerprint density at radius 1 is 1.36 bits per heavy atom. The van der Waals surface area contributed by atoms with Crippen molar-refractivity contribution in [3.05, 3.63) is 21.4 Å². The van der Waals surface area contributed by atoms with Crippen LogP contribution in [0.2, 0.25) is 0 Å². The van der Waals surface area contributed by atoms with Crippen molar-refractivity contribution in [1.29, 1.82) is 0 Å². The van der Waals surface area contributed by atoms with Gasteiger partial charge in [-0.3, -0.25) is 4.98 Å². The Balaban J connectivity index is 3.15. The molecule has 0 atom stereocenters. The molecule has 0 amide bonds. The number of halogens is 4. The summed E-state index contributed by atoms with van der Waals surface area (Å²) >= 11 is 1.46. The zero-order chi connectivity index (χ0) is 10.9. The van der Waals surface area contributed by atoms with Gasteiger partial charge in [-0.15, -0.1) is 0 Å². The molecule has 0 unspecified atom stereocenters. The molecule has 0 aliphatic heterocycles. The molecule has 0 saturated heterocycles. The third kappa shape index (κ3) is 2.58. The molecule has 0 bridgehead atoms. The Morgan fingerprint density at radius 3 is 2.29 bits per heavy atom. The van der Waals surface area contributed by atoms with E-state index in [1.54, 1.807) is 0 Å². The second kappa shape index (κ2) is 4.03. The van der Waals surface area contributed by atoms with E-state index in [9.17, 15) is 13.2 Å². The maximum Gasteiger partial charge on any atom is 0.508 e. The Labute approximate surface area is 91.3 Å². The molecule has 0 radical (unpaired) electrons. The van der Waals surface area contributed by atoms with Gasteiger partial charge in [0.05, 0.1) is 11.2 Å². The van der Waals surface area contributed by atoms with E-state index >= 15 is 0 Å². The Kier molecular flexibility index (Phi) is 3.38. The van der Waals surface area contributed by atoms with Crippen molar-refractivity contribution in [3.8, 4) is 0 Å². The average molecular weight is 317 g/mol. The highest BCUT2D eigenvalue weighted by Gasteiger charge is 2.34. The molecule has 14 heavy (non-hydrogen) atoms. The van der Waals surface area contributed by atoms with Gasteiger partial charge in [0.1, 0.15) is 0 Å². The third-order valence-electron chi connectivity index (χ3n) is 1.44. The SMILES string of the molecule is OB(O)c1cc(I)c(C(F)(F)F)cn1. The quantitative estimate of drug-likeness (QED) is 0.582. The molecular formula is C6H4BF3INO2. The number of rotatable bonds is 1. The van der Waals surface area contributed by atoms with Crippen LogP contribution >= 0.6 is 22.6 Å². The molecule has 1 aromatic heterocycles. The minimum Gasteiger partial charge on any atom is -0.422 e. The first-order valence-electron chi connectivity index (χ1n) is 3.41. The first-order chi connectivity index (χ1) is 6.32. The second-order valence-electron chi connectivity index (χ2n) is 2.46. The van der Waals surface area contributed by atoms with Gasteiger partial charge in [0.25, 0.3) is 0 Å². The highest BCUT2D eigenvalue weighted by molar-refractivity contribution is 14.1. The molecule has 0 fully saturated rings. The standard InChI is InChI=1S/C6H4BF3INO2/c8-6(9,10)3-2-12-5(7(13)14)1-4(3)11/h1-2,13-14H. The zero-order valence-corrected chi connectivity index (χ0v) is 8.74. The van der Waals surface area contributed by atoms with Crippen LogP contribution in [0.3, 0.4) is 0 Å². The molecule has 0 aliphatic carbocycles. The summed E-state index contributed by atoms with van der Waals surface area (Å²) < 4.78 is 36.5. The predicted molar refractivity (Wildman–Crippen MR) is 51.8 cm³/mol. The van der Waals surface area contributed by atoms with Crippen LogP contribution in [0, 0.1) is 3.57 Å². The van der Waals surface area contributed by atoms with Gasteiger partial charge in [0.15, 0.2) is 0 Å². The topological polar surface area (TPSA) is 53.4 Å². The summed E-state index contributed by atoms with van der Waals surface area (Å²) in [5.41, 5.74) is -1.09. The minimum absolute atomic E-state index is 0.117. The normalized spacial score (nSPS) is 11.6. The van der Waals surface area contributed by atoms with Crippen LogP contribution in [0.15, 0.2) is 12.3 Å². The largest absolute Gasteiger partial charge is 0.508 e. The van der Waals surface area contributed by atoms with Gasteiger partial charge in [0, 0.05) is 9.77 Å². The lowest BCUT2D eigenvalue weighted by Gasteiger charge is -2.09. The predicted octanol–water partition coefficient (Wildman–Crippen LogP) is 0.385. The fraction of sp³-hybridized carbons (Fsp3) is 0.167. The summed E-state index contributed by atoms with van der Waals surface area (Å²) in [6, 6.07) is 0.980. The lowest BCUT2D eigenvalue weighted by atomic mass is 9.85. The van der Waals surface area contributed by atoms with E-state index in [4.69, 9.17) is 10.0 Å². The summed E-state index contributed by atoms with van der Waals surface area (Å²) in [6.07, 6.45) is -3.89. The van der Waals surface area contributed by atoms with Gasteiger partial charge >= 0.3 is 13.3 Å². The summed E-state index contributed by atoms with van der Waals surface area (Å²) in [6.45, 7) is 0. The number of pyridine rings is 1. The summed E-state index contributed by atoms with van der Waals surface area (Å²) in [5.74, 6) is 0. The van der Waals surface area contributed by atoms with Crippen LogP contribution in [0.1, 0.15) is 5.56 Å². The Hall–Kier alpha value is -0.345. The van der Waals surface area contributed by atoms with E-state index in [-0.39, 0.29) is 9.16 Å². The van der Waals surface area contributed by atoms with Crippen molar-refractivity contribution < 1.29 is 23.2 Å². The highest BCUT2D eigenvalue weighted by Crippen LogP contribution is 2.31.